The summed E-state index contributed by atoms with van der Waals surface area (Å²) in [6.45, 7) is 1.20. The standard InChI is InChI=1S/C27H24ClN3O3/c1-33-25-13-20-11-12-31(16-21(20)14-26(25)34-2)27(32)19-5-3-17(4-6-19)23-15-24(30-29-23)18-7-9-22(28)10-8-18/h3-10,13-15H,11-12,16H2,1-2H3,(H,29,30). The lowest BCUT2D eigenvalue weighted by atomic mass is 9.98. The third-order valence-electron chi connectivity index (χ3n) is 6.17. The third kappa shape index (κ3) is 4.24. The zero-order valence-corrected chi connectivity index (χ0v) is 19.7. The fourth-order valence-corrected chi connectivity index (χ4v) is 4.40. The topological polar surface area (TPSA) is 67.5 Å². The summed E-state index contributed by atoms with van der Waals surface area (Å²) in [6.07, 6.45) is 0.778. The molecule has 7 heteroatoms. The highest BCUT2D eigenvalue weighted by Crippen LogP contribution is 2.33. The number of carbonyl (C=O) groups excluding carboxylic acids is 1. The number of hydrogen-bond donors (Lipinski definition) is 1. The van der Waals surface area contributed by atoms with Gasteiger partial charge in [-0.15, -0.1) is 0 Å². The van der Waals surface area contributed by atoms with E-state index in [0.717, 1.165) is 34.5 Å². The molecule has 0 saturated carbocycles. The Morgan fingerprint density at radius 2 is 1.56 bits per heavy atom. The number of carbonyl (C=O) groups is 1. The lowest BCUT2D eigenvalue weighted by Gasteiger charge is -2.29. The SMILES string of the molecule is COc1cc2c(cc1OC)CN(C(=O)c1ccc(-c3cc(-c4ccc(Cl)cc4)[nH]n3)cc1)CC2. The fraction of sp³-hybridized carbons (Fsp3) is 0.185. The first-order valence-corrected chi connectivity index (χ1v) is 11.4. The van der Waals surface area contributed by atoms with Crippen LogP contribution in [0, 0.1) is 0 Å². The van der Waals surface area contributed by atoms with E-state index >= 15 is 0 Å². The van der Waals surface area contributed by atoms with Gasteiger partial charge in [0.25, 0.3) is 5.91 Å². The van der Waals surface area contributed by atoms with Gasteiger partial charge in [-0.1, -0.05) is 35.9 Å². The van der Waals surface area contributed by atoms with Crippen molar-refractivity contribution >= 4 is 17.5 Å². The molecule has 172 valence electrons. The average Bonchev–Trinajstić information content (AvgIpc) is 3.38. The Bertz CT molecular complexity index is 1330. The molecule has 5 rings (SSSR count). The summed E-state index contributed by atoms with van der Waals surface area (Å²) in [6, 6.07) is 21.1. The van der Waals surface area contributed by atoms with Crippen LogP contribution in [-0.2, 0) is 13.0 Å². The number of methoxy groups -OCH3 is 2. The van der Waals surface area contributed by atoms with Gasteiger partial charge in [-0.25, -0.2) is 0 Å². The van der Waals surface area contributed by atoms with Gasteiger partial charge < -0.3 is 14.4 Å². The number of H-pyrrole nitrogens is 1. The number of aromatic nitrogens is 2. The Kier molecular flexibility index (Phi) is 5.99. The zero-order chi connectivity index (χ0) is 23.7. The van der Waals surface area contributed by atoms with E-state index in [1.54, 1.807) is 14.2 Å². The largest absolute Gasteiger partial charge is 0.493 e. The van der Waals surface area contributed by atoms with Gasteiger partial charge in [0.1, 0.15) is 0 Å². The van der Waals surface area contributed by atoms with E-state index < -0.39 is 0 Å². The zero-order valence-electron chi connectivity index (χ0n) is 19.0. The number of fused-ring (bicyclic) bond motifs is 1. The van der Waals surface area contributed by atoms with Crippen molar-refractivity contribution in [3.8, 4) is 34.0 Å². The first-order chi connectivity index (χ1) is 16.6. The van der Waals surface area contributed by atoms with Gasteiger partial charge in [-0.3, -0.25) is 9.89 Å². The molecular formula is C27H24ClN3O3. The molecular weight excluding hydrogens is 450 g/mol. The molecule has 0 bridgehead atoms. The van der Waals surface area contributed by atoms with Crippen LogP contribution < -0.4 is 9.47 Å². The molecule has 0 radical (unpaired) electrons. The number of halogens is 1. The Morgan fingerprint density at radius 3 is 2.24 bits per heavy atom. The molecule has 1 aromatic heterocycles. The first kappa shape index (κ1) is 22.0. The van der Waals surface area contributed by atoms with Crippen LogP contribution in [0.2, 0.25) is 5.02 Å². The highest BCUT2D eigenvalue weighted by atomic mass is 35.5. The van der Waals surface area contributed by atoms with Crippen LogP contribution in [0.5, 0.6) is 11.5 Å². The van der Waals surface area contributed by atoms with Crippen LogP contribution in [-0.4, -0.2) is 41.8 Å². The molecule has 0 atom stereocenters. The van der Waals surface area contributed by atoms with E-state index in [4.69, 9.17) is 21.1 Å². The quantitative estimate of drug-likeness (QED) is 0.409. The van der Waals surface area contributed by atoms with Crippen LogP contribution in [0.4, 0.5) is 0 Å². The lowest BCUT2D eigenvalue weighted by Crippen LogP contribution is -2.36. The molecule has 1 aliphatic rings. The maximum Gasteiger partial charge on any atom is 0.254 e. The molecule has 0 fully saturated rings. The van der Waals surface area contributed by atoms with Gasteiger partial charge in [0.05, 0.1) is 25.6 Å². The molecule has 1 amide bonds. The summed E-state index contributed by atoms with van der Waals surface area (Å²) in [5.41, 5.74) is 6.60. The monoisotopic (exact) mass is 473 g/mol. The van der Waals surface area contributed by atoms with Crippen LogP contribution in [0.1, 0.15) is 21.5 Å². The molecule has 3 aromatic carbocycles. The molecule has 6 nitrogen and oxygen atoms in total. The molecule has 0 saturated heterocycles. The lowest BCUT2D eigenvalue weighted by molar-refractivity contribution is 0.0734. The molecule has 0 unspecified atom stereocenters. The van der Waals surface area contributed by atoms with Crippen molar-refractivity contribution < 1.29 is 14.3 Å². The average molecular weight is 474 g/mol. The van der Waals surface area contributed by atoms with E-state index in [1.807, 2.05) is 71.6 Å². The maximum absolute atomic E-state index is 13.2. The second kappa shape index (κ2) is 9.23. The number of benzene rings is 3. The minimum Gasteiger partial charge on any atom is -0.493 e. The molecule has 4 aromatic rings. The van der Waals surface area contributed by atoms with E-state index in [-0.39, 0.29) is 5.91 Å². The summed E-state index contributed by atoms with van der Waals surface area (Å²) in [5.74, 6) is 1.40. The van der Waals surface area contributed by atoms with Gasteiger partial charge in [0, 0.05) is 29.2 Å². The third-order valence-corrected chi connectivity index (χ3v) is 6.42. The minimum atomic E-state index is 0.0101. The minimum absolute atomic E-state index is 0.0101. The summed E-state index contributed by atoms with van der Waals surface area (Å²) < 4.78 is 10.8. The second-order valence-corrected chi connectivity index (χ2v) is 8.64. The number of ether oxygens (including phenoxy) is 2. The number of amides is 1. The second-order valence-electron chi connectivity index (χ2n) is 8.20. The first-order valence-electron chi connectivity index (χ1n) is 11.0. The Balaban J connectivity index is 1.31. The summed E-state index contributed by atoms with van der Waals surface area (Å²) in [5, 5.41) is 8.19. The Labute approximate surface area is 203 Å². The predicted molar refractivity (Wildman–Crippen MR) is 132 cm³/mol. The highest BCUT2D eigenvalue weighted by Gasteiger charge is 2.24. The predicted octanol–water partition coefficient (Wildman–Crippen LogP) is 5.61. The molecule has 0 aliphatic carbocycles. The normalized spacial score (nSPS) is 12.9. The van der Waals surface area contributed by atoms with E-state index in [1.165, 1.54) is 5.56 Å². The number of rotatable bonds is 5. The highest BCUT2D eigenvalue weighted by molar-refractivity contribution is 6.30. The van der Waals surface area contributed by atoms with Gasteiger partial charge in [-0.2, -0.15) is 5.10 Å². The number of nitrogens with one attached hydrogen (secondary N) is 1. The Hall–Kier alpha value is -3.77. The fourth-order valence-electron chi connectivity index (χ4n) is 4.27. The van der Waals surface area contributed by atoms with Gasteiger partial charge in [0.15, 0.2) is 11.5 Å². The smallest absolute Gasteiger partial charge is 0.254 e. The van der Waals surface area contributed by atoms with Crippen LogP contribution in [0.25, 0.3) is 22.5 Å². The molecule has 1 aliphatic heterocycles. The van der Waals surface area contributed by atoms with Gasteiger partial charge in [-0.05, 0) is 65.6 Å². The van der Waals surface area contributed by atoms with Gasteiger partial charge >= 0.3 is 0 Å². The van der Waals surface area contributed by atoms with Crippen molar-refractivity contribution in [2.75, 3.05) is 20.8 Å². The Morgan fingerprint density at radius 1 is 0.912 bits per heavy atom. The molecule has 0 spiro atoms. The number of aromatic amines is 1. The van der Waals surface area contributed by atoms with Crippen molar-refractivity contribution in [3.05, 3.63) is 88.4 Å². The van der Waals surface area contributed by atoms with E-state index in [9.17, 15) is 4.79 Å². The summed E-state index contributed by atoms with van der Waals surface area (Å²) >= 11 is 5.98. The van der Waals surface area contributed by atoms with Crippen molar-refractivity contribution in [2.45, 2.75) is 13.0 Å². The van der Waals surface area contributed by atoms with E-state index in [2.05, 4.69) is 10.2 Å². The van der Waals surface area contributed by atoms with E-state index in [0.29, 0.717) is 35.2 Å². The van der Waals surface area contributed by atoms with Crippen molar-refractivity contribution in [1.82, 2.24) is 15.1 Å². The van der Waals surface area contributed by atoms with Crippen molar-refractivity contribution in [1.29, 1.82) is 0 Å². The number of hydrogen-bond acceptors (Lipinski definition) is 4. The van der Waals surface area contributed by atoms with Gasteiger partial charge in [0.2, 0.25) is 0 Å². The van der Waals surface area contributed by atoms with Crippen molar-refractivity contribution in [3.63, 3.8) is 0 Å². The maximum atomic E-state index is 13.2. The molecule has 34 heavy (non-hydrogen) atoms. The van der Waals surface area contributed by atoms with Crippen LogP contribution in [0.15, 0.2) is 66.7 Å². The summed E-state index contributed by atoms with van der Waals surface area (Å²) in [7, 11) is 3.25. The van der Waals surface area contributed by atoms with Crippen LogP contribution >= 0.6 is 11.6 Å². The summed E-state index contributed by atoms with van der Waals surface area (Å²) in [4.78, 5) is 15.1. The number of nitrogens with zero attached hydrogens (tertiary/aromatic N) is 2. The molecule has 1 N–H and O–H groups in total. The van der Waals surface area contributed by atoms with Crippen molar-refractivity contribution in [2.24, 2.45) is 0 Å². The molecule has 2 heterocycles. The van der Waals surface area contributed by atoms with Crippen LogP contribution in [0.3, 0.4) is 0 Å².